The van der Waals surface area contributed by atoms with Gasteiger partial charge in [-0.05, 0) is 11.0 Å². The van der Waals surface area contributed by atoms with Crippen LogP contribution in [0.5, 0.6) is 0 Å². The highest BCUT2D eigenvalue weighted by Gasteiger charge is 2.14. The van der Waals surface area contributed by atoms with Gasteiger partial charge in [-0.1, -0.05) is 50.2 Å². The van der Waals surface area contributed by atoms with E-state index in [9.17, 15) is 4.79 Å². The van der Waals surface area contributed by atoms with Gasteiger partial charge in [-0.15, -0.1) is 0 Å². The van der Waals surface area contributed by atoms with Crippen molar-refractivity contribution in [3.05, 3.63) is 41.6 Å². The van der Waals surface area contributed by atoms with E-state index in [1.54, 1.807) is 6.07 Å². The first-order chi connectivity index (χ1) is 8.38. The number of hydrogen-bond donors (Lipinski definition) is 0. The summed E-state index contributed by atoms with van der Waals surface area (Å²) < 4.78 is 5.17. The van der Waals surface area contributed by atoms with Crippen molar-refractivity contribution in [1.29, 1.82) is 0 Å². The van der Waals surface area contributed by atoms with Gasteiger partial charge >= 0.3 is 0 Å². The lowest BCUT2D eigenvalue weighted by Crippen LogP contribution is -2.10. The predicted molar refractivity (Wildman–Crippen MR) is 70.6 cm³/mol. The molecule has 0 spiro atoms. The molecule has 2 rings (SSSR count). The van der Waals surface area contributed by atoms with Crippen LogP contribution in [-0.4, -0.2) is 10.9 Å². The fraction of sp³-hybridized carbons (Fsp3) is 0.333. The molecule has 0 bridgehead atoms. The van der Waals surface area contributed by atoms with E-state index in [0.29, 0.717) is 11.5 Å². The average molecular weight is 243 g/mol. The maximum Gasteiger partial charge on any atom is 0.181 e. The fourth-order valence-electron chi connectivity index (χ4n) is 1.71. The molecule has 0 N–H and O–H groups in total. The Labute approximate surface area is 107 Å². The van der Waals surface area contributed by atoms with Crippen molar-refractivity contribution >= 4 is 5.78 Å². The Bertz CT molecular complexity index is 559. The van der Waals surface area contributed by atoms with Crippen LogP contribution in [0.15, 0.2) is 34.9 Å². The van der Waals surface area contributed by atoms with Crippen LogP contribution in [0, 0.1) is 0 Å². The lowest BCUT2D eigenvalue weighted by molar-refractivity contribution is 0.100. The predicted octanol–water partition coefficient (Wildman–Crippen LogP) is 3.84. The van der Waals surface area contributed by atoms with E-state index >= 15 is 0 Å². The van der Waals surface area contributed by atoms with Crippen LogP contribution in [0.3, 0.4) is 0 Å². The molecular weight excluding hydrogens is 226 g/mol. The quantitative estimate of drug-likeness (QED) is 0.752. The molecule has 0 aliphatic rings. The van der Waals surface area contributed by atoms with Gasteiger partial charge in [0, 0.05) is 18.6 Å². The summed E-state index contributed by atoms with van der Waals surface area (Å²) in [6.45, 7) is 7.99. The zero-order valence-electron chi connectivity index (χ0n) is 11.2. The number of carbonyl (C=O) groups excluding carboxylic acids is 1. The SMILES string of the molecule is CC(=O)c1cc(-c2ccc(C(C)(C)C)cc2)on1. The third-order valence-electron chi connectivity index (χ3n) is 2.91. The zero-order chi connectivity index (χ0) is 13.3. The van der Waals surface area contributed by atoms with Gasteiger partial charge in [0.15, 0.2) is 11.5 Å². The normalized spacial score (nSPS) is 11.6. The van der Waals surface area contributed by atoms with Gasteiger partial charge in [-0.3, -0.25) is 4.79 Å². The number of rotatable bonds is 2. The minimum atomic E-state index is -0.0867. The molecule has 0 aliphatic heterocycles. The topological polar surface area (TPSA) is 43.1 Å². The minimum absolute atomic E-state index is 0.0867. The first kappa shape index (κ1) is 12.6. The van der Waals surface area contributed by atoms with E-state index in [1.165, 1.54) is 12.5 Å². The van der Waals surface area contributed by atoms with Gasteiger partial charge in [0.05, 0.1) is 0 Å². The van der Waals surface area contributed by atoms with Gasteiger partial charge in [-0.25, -0.2) is 0 Å². The van der Waals surface area contributed by atoms with E-state index < -0.39 is 0 Å². The van der Waals surface area contributed by atoms with Crippen molar-refractivity contribution < 1.29 is 9.32 Å². The monoisotopic (exact) mass is 243 g/mol. The zero-order valence-corrected chi connectivity index (χ0v) is 11.2. The number of Topliss-reactive ketones (excluding diaryl/α,β-unsaturated/α-hetero) is 1. The number of ketones is 1. The summed E-state index contributed by atoms with van der Waals surface area (Å²) in [5, 5.41) is 3.74. The molecule has 0 saturated carbocycles. The van der Waals surface area contributed by atoms with Gasteiger partial charge in [0.2, 0.25) is 0 Å². The lowest BCUT2D eigenvalue weighted by Gasteiger charge is -2.18. The number of carbonyl (C=O) groups is 1. The second kappa shape index (κ2) is 4.41. The molecule has 2 aromatic rings. The van der Waals surface area contributed by atoms with Crippen molar-refractivity contribution in [2.24, 2.45) is 0 Å². The molecule has 0 saturated heterocycles. The first-order valence-electron chi connectivity index (χ1n) is 5.96. The molecule has 1 aromatic carbocycles. The summed E-state index contributed by atoms with van der Waals surface area (Å²) in [5.41, 5.74) is 2.69. The molecule has 0 atom stereocenters. The van der Waals surface area contributed by atoms with Gasteiger partial charge < -0.3 is 4.52 Å². The highest BCUT2D eigenvalue weighted by molar-refractivity contribution is 5.92. The highest BCUT2D eigenvalue weighted by atomic mass is 16.5. The van der Waals surface area contributed by atoms with Gasteiger partial charge in [-0.2, -0.15) is 0 Å². The van der Waals surface area contributed by atoms with Crippen molar-refractivity contribution in [2.75, 3.05) is 0 Å². The summed E-state index contributed by atoms with van der Waals surface area (Å²) in [5.74, 6) is 0.539. The van der Waals surface area contributed by atoms with E-state index in [4.69, 9.17) is 4.52 Å². The van der Waals surface area contributed by atoms with Crippen molar-refractivity contribution in [3.63, 3.8) is 0 Å². The molecule has 0 aliphatic carbocycles. The average Bonchev–Trinajstić information content (AvgIpc) is 2.77. The third-order valence-corrected chi connectivity index (χ3v) is 2.91. The number of hydrogen-bond acceptors (Lipinski definition) is 3. The highest BCUT2D eigenvalue weighted by Crippen LogP contribution is 2.26. The van der Waals surface area contributed by atoms with Gasteiger partial charge in [0.25, 0.3) is 0 Å². The van der Waals surface area contributed by atoms with Crippen molar-refractivity contribution in [3.8, 4) is 11.3 Å². The van der Waals surface area contributed by atoms with E-state index in [-0.39, 0.29) is 11.2 Å². The first-order valence-corrected chi connectivity index (χ1v) is 5.96. The number of aromatic nitrogens is 1. The minimum Gasteiger partial charge on any atom is -0.356 e. The number of nitrogens with zero attached hydrogens (tertiary/aromatic N) is 1. The van der Waals surface area contributed by atoms with E-state index in [1.807, 2.05) is 12.1 Å². The van der Waals surface area contributed by atoms with Crippen LogP contribution < -0.4 is 0 Å². The standard InChI is InChI=1S/C15H17NO2/c1-10(17)13-9-14(18-16-13)11-5-7-12(8-6-11)15(2,3)4/h5-9H,1-4H3. The smallest absolute Gasteiger partial charge is 0.181 e. The largest absolute Gasteiger partial charge is 0.356 e. The summed E-state index contributed by atoms with van der Waals surface area (Å²) in [6.07, 6.45) is 0. The van der Waals surface area contributed by atoms with Crippen LogP contribution in [-0.2, 0) is 5.41 Å². The molecule has 0 unspecified atom stereocenters. The van der Waals surface area contributed by atoms with Gasteiger partial charge in [0.1, 0.15) is 5.69 Å². The third kappa shape index (κ3) is 2.50. The maximum atomic E-state index is 11.2. The fourth-order valence-corrected chi connectivity index (χ4v) is 1.71. The molecule has 3 heteroatoms. The number of benzene rings is 1. The van der Waals surface area contributed by atoms with E-state index in [0.717, 1.165) is 5.56 Å². The molecule has 0 fully saturated rings. The molecule has 0 radical (unpaired) electrons. The Morgan fingerprint density at radius 1 is 1.17 bits per heavy atom. The Hall–Kier alpha value is -1.90. The van der Waals surface area contributed by atoms with Crippen molar-refractivity contribution in [1.82, 2.24) is 5.16 Å². The summed E-state index contributed by atoms with van der Waals surface area (Å²) in [4.78, 5) is 11.2. The summed E-state index contributed by atoms with van der Waals surface area (Å²) in [6, 6.07) is 9.81. The lowest BCUT2D eigenvalue weighted by atomic mass is 9.86. The van der Waals surface area contributed by atoms with Crippen LogP contribution in [0.2, 0.25) is 0 Å². The van der Waals surface area contributed by atoms with Crippen LogP contribution in [0.1, 0.15) is 43.7 Å². The molecule has 94 valence electrons. The molecular formula is C15H17NO2. The molecule has 0 amide bonds. The van der Waals surface area contributed by atoms with Crippen LogP contribution in [0.4, 0.5) is 0 Å². The van der Waals surface area contributed by atoms with Crippen molar-refractivity contribution in [2.45, 2.75) is 33.1 Å². The Balaban J connectivity index is 2.31. The maximum absolute atomic E-state index is 11.2. The second-order valence-corrected chi connectivity index (χ2v) is 5.46. The second-order valence-electron chi connectivity index (χ2n) is 5.46. The Morgan fingerprint density at radius 2 is 1.78 bits per heavy atom. The summed E-state index contributed by atoms with van der Waals surface area (Å²) >= 11 is 0. The van der Waals surface area contributed by atoms with E-state index in [2.05, 4.69) is 38.1 Å². The van der Waals surface area contributed by atoms with Crippen LogP contribution in [0.25, 0.3) is 11.3 Å². The molecule has 3 nitrogen and oxygen atoms in total. The Morgan fingerprint density at radius 3 is 2.22 bits per heavy atom. The molecule has 1 heterocycles. The molecule has 18 heavy (non-hydrogen) atoms. The summed E-state index contributed by atoms with van der Waals surface area (Å²) in [7, 11) is 0. The Kier molecular flexibility index (Phi) is 3.07. The van der Waals surface area contributed by atoms with Crippen LogP contribution >= 0.6 is 0 Å². The molecule has 1 aromatic heterocycles.